The van der Waals surface area contributed by atoms with Crippen molar-refractivity contribution in [1.29, 1.82) is 0 Å². The maximum atomic E-state index is 11.8. The van der Waals surface area contributed by atoms with Crippen LogP contribution in [0.2, 0.25) is 0 Å². The van der Waals surface area contributed by atoms with Crippen LogP contribution in [0.4, 0.5) is 5.69 Å². The monoisotopic (exact) mass is 264 g/mol. The minimum Gasteiger partial charge on any atom is -0.496 e. The summed E-state index contributed by atoms with van der Waals surface area (Å²) in [5, 5.41) is 2.94. The summed E-state index contributed by atoms with van der Waals surface area (Å²) >= 11 is 0. The predicted octanol–water partition coefficient (Wildman–Crippen LogP) is 2.80. The van der Waals surface area contributed by atoms with Crippen molar-refractivity contribution in [3.63, 3.8) is 0 Å². The lowest BCUT2D eigenvalue weighted by Crippen LogP contribution is -2.14. The second-order valence-electron chi connectivity index (χ2n) is 5.00. The minimum absolute atomic E-state index is 0.00780. The molecule has 1 amide bonds. The van der Waals surface area contributed by atoms with Gasteiger partial charge in [-0.1, -0.05) is 13.8 Å². The third kappa shape index (κ3) is 4.24. The summed E-state index contributed by atoms with van der Waals surface area (Å²) in [5.41, 5.74) is 8.36. The lowest BCUT2D eigenvalue weighted by molar-refractivity contribution is -0.116. The highest BCUT2D eigenvalue weighted by molar-refractivity contribution is 5.91. The Morgan fingerprint density at radius 1 is 1.42 bits per heavy atom. The average molecular weight is 264 g/mol. The van der Waals surface area contributed by atoms with Crippen molar-refractivity contribution in [1.82, 2.24) is 0 Å². The highest BCUT2D eigenvalue weighted by Crippen LogP contribution is 2.32. The molecule has 0 fully saturated rings. The normalized spacial score (nSPS) is 10.6. The Morgan fingerprint density at radius 2 is 2.11 bits per heavy atom. The van der Waals surface area contributed by atoms with Gasteiger partial charge < -0.3 is 15.8 Å². The van der Waals surface area contributed by atoms with E-state index in [-0.39, 0.29) is 5.91 Å². The van der Waals surface area contributed by atoms with Crippen molar-refractivity contribution in [3.05, 3.63) is 23.3 Å². The van der Waals surface area contributed by atoms with Crippen LogP contribution in [-0.2, 0) is 4.79 Å². The number of ether oxygens (including phenoxy) is 1. The molecule has 0 saturated carbocycles. The first-order valence-corrected chi connectivity index (χ1v) is 6.68. The fraction of sp³-hybridized carbons (Fsp3) is 0.533. The summed E-state index contributed by atoms with van der Waals surface area (Å²) < 4.78 is 5.38. The molecule has 0 saturated heterocycles. The van der Waals surface area contributed by atoms with Crippen LogP contribution in [0, 0.1) is 6.92 Å². The van der Waals surface area contributed by atoms with E-state index >= 15 is 0 Å². The van der Waals surface area contributed by atoms with Crippen LogP contribution in [0.1, 0.15) is 43.7 Å². The summed E-state index contributed by atoms with van der Waals surface area (Å²) in [6.07, 6.45) is 1.16. The largest absolute Gasteiger partial charge is 0.496 e. The van der Waals surface area contributed by atoms with E-state index in [1.807, 2.05) is 19.1 Å². The number of amides is 1. The van der Waals surface area contributed by atoms with Crippen LogP contribution in [-0.4, -0.2) is 19.6 Å². The minimum atomic E-state index is 0.00780. The lowest BCUT2D eigenvalue weighted by atomic mass is 9.99. The van der Waals surface area contributed by atoms with E-state index in [2.05, 4.69) is 19.2 Å². The molecule has 4 nitrogen and oxygen atoms in total. The molecule has 0 aromatic heterocycles. The van der Waals surface area contributed by atoms with Crippen molar-refractivity contribution in [2.75, 3.05) is 19.0 Å². The van der Waals surface area contributed by atoms with E-state index in [0.29, 0.717) is 25.3 Å². The molecular formula is C15H24N2O2. The van der Waals surface area contributed by atoms with Gasteiger partial charge in [0.2, 0.25) is 5.91 Å². The molecular weight excluding hydrogens is 240 g/mol. The molecule has 1 aromatic carbocycles. The van der Waals surface area contributed by atoms with E-state index in [0.717, 1.165) is 22.6 Å². The number of nitrogens with one attached hydrogen (secondary N) is 1. The zero-order chi connectivity index (χ0) is 14.4. The second-order valence-corrected chi connectivity index (χ2v) is 5.00. The molecule has 0 aliphatic heterocycles. The van der Waals surface area contributed by atoms with Crippen molar-refractivity contribution >= 4 is 11.6 Å². The summed E-state index contributed by atoms with van der Waals surface area (Å²) in [4.78, 5) is 11.8. The molecule has 106 valence electrons. The molecule has 0 aliphatic rings. The van der Waals surface area contributed by atoms with Gasteiger partial charge >= 0.3 is 0 Å². The molecule has 1 rings (SSSR count). The average Bonchev–Trinajstić information content (AvgIpc) is 2.37. The van der Waals surface area contributed by atoms with Gasteiger partial charge in [-0.25, -0.2) is 0 Å². The third-order valence-electron chi connectivity index (χ3n) is 3.08. The first kappa shape index (κ1) is 15.5. The van der Waals surface area contributed by atoms with E-state index in [9.17, 15) is 4.79 Å². The molecule has 4 heteroatoms. The third-order valence-corrected chi connectivity index (χ3v) is 3.08. The van der Waals surface area contributed by atoms with E-state index < -0.39 is 0 Å². The van der Waals surface area contributed by atoms with Crippen molar-refractivity contribution in [2.45, 2.75) is 39.5 Å². The highest BCUT2D eigenvalue weighted by Gasteiger charge is 2.12. The van der Waals surface area contributed by atoms with Crippen LogP contribution in [0.3, 0.4) is 0 Å². The predicted molar refractivity (Wildman–Crippen MR) is 78.7 cm³/mol. The molecule has 0 heterocycles. The zero-order valence-corrected chi connectivity index (χ0v) is 12.2. The van der Waals surface area contributed by atoms with Crippen LogP contribution in [0.25, 0.3) is 0 Å². The zero-order valence-electron chi connectivity index (χ0n) is 12.2. The highest BCUT2D eigenvalue weighted by atomic mass is 16.5. The fourth-order valence-corrected chi connectivity index (χ4v) is 1.94. The van der Waals surface area contributed by atoms with Gasteiger partial charge in [0, 0.05) is 12.1 Å². The lowest BCUT2D eigenvalue weighted by Gasteiger charge is -2.16. The Morgan fingerprint density at radius 3 is 2.63 bits per heavy atom. The molecule has 0 bridgehead atoms. The Hall–Kier alpha value is -1.55. The van der Waals surface area contributed by atoms with E-state index in [1.165, 1.54) is 0 Å². The van der Waals surface area contributed by atoms with Crippen LogP contribution in [0.15, 0.2) is 12.1 Å². The standard InChI is InChI=1S/C15H24N2O2/c1-10(2)12-9-13(11(3)8-14(12)19-4)17-15(18)6-5-7-16/h8-10H,5-7,16H2,1-4H3,(H,17,18). The first-order chi connectivity index (χ1) is 8.99. The van der Waals surface area contributed by atoms with Gasteiger partial charge in [0.1, 0.15) is 5.75 Å². The maximum absolute atomic E-state index is 11.8. The van der Waals surface area contributed by atoms with E-state index in [4.69, 9.17) is 10.5 Å². The van der Waals surface area contributed by atoms with Gasteiger partial charge in [-0.15, -0.1) is 0 Å². The number of carbonyl (C=O) groups is 1. The molecule has 0 unspecified atom stereocenters. The molecule has 0 aliphatic carbocycles. The summed E-state index contributed by atoms with van der Waals surface area (Å²) in [6, 6.07) is 3.97. The van der Waals surface area contributed by atoms with Crippen LogP contribution in [0.5, 0.6) is 5.75 Å². The Kier molecular flexibility index (Phi) is 5.83. The quantitative estimate of drug-likeness (QED) is 0.830. The van der Waals surface area contributed by atoms with Gasteiger partial charge in [-0.05, 0) is 49.1 Å². The molecule has 3 N–H and O–H groups in total. The molecule has 0 atom stereocenters. The number of nitrogens with two attached hydrogens (primary N) is 1. The number of anilines is 1. The number of methoxy groups -OCH3 is 1. The Bertz CT molecular complexity index is 442. The fourth-order valence-electron chi connectivity index (χ4n) is 1.94. The van der Waals surface area contributed by atoms with Gasteiger partial charge in [0.15, 0.2) is 0 Å². The Labute approximate surface area is 115 Å². The van der Waals surface area contributed by atoms with Crippen molar-refractivity contribution in [2.24, 2.45) is 5.73 Å². The SMILES string of the molecule is COc1cc(C)c(NC(=O)CCCN)cc1C(C)C. The number of hydrogen-bond acceptors (Lipinski definition) is 3. The number of carbonyl (C=O) groups excluding carboxylic acids is 1. The number of aryl methyl sites for hydroxylation is 1. The number of hydrogen-bond donors (Lipinski definition) is 2. The maximum Gasteiger partial charge on any atom is 0.224 e. The van der Waals surface area contributed by atoms with Gasteiger partial charge in [-0.3, -0.25) is 4.79 Å². The second kappa shape index (κ2) is 7.14. The van der Waals surface area contributed by atoms with Crippen LogP contribution < -0.4 is 15.8 Å². The summed E-state index contributed by atoms with van der Waals surface area (Å²) in [7, 11) is 1.67. The summed E-state index contributed by atoms with van der Waals surface area (Å²) in [6.45, 7) is 6.71. The first-order valence-electron chi connectivity index (χ1n) is 6.68. The molecule has 1 aromatic rings. The summed E-state index contributed by atoms with van der Waals surface area (Å²) in [5.74, 6) is 1.22. The molecule has 0 spiro atoms. The molecule has 19 heavy (non-hydrogen) atoms. The van der Waals surface area contributed by atoms with E-state index in [1.54, 1.807) is 7.11 Å². The van der Waals surface area contributed by atoms with Crippen molar-refractivity contribution < 1.29 is 9.53 Å². The Balaban J connectivity index is 2.95. The molecule has 0 radical (unpaired) electrons. The smallest absolute Gasteiger partial charge is 0.224 e. The van der Waals surface area contributed by atoms with Gasteiger partial charge in [0.25, 0.3) is 0 Å². The number of benzene rings is 1. The van der Waals surface area contributed by atoms with Gasteiger partial charge in [0.05, 0.1) is 7.11 Å². The number of rotatable bonds is 6. The van der Waals surface area contributed by atoms with Gasteiger partial charge in [-0.2, -0.15) is 0 Å². The van der Waals surface area contributed by atoms with Crippen molar-refractivity contribution in [3.8, 4) is 5.75 Å². The topological polar surface area (TPSA) is 64.3 Å². The van der Waals surface area contributed by atoms with Crippen LogP contribution >= 0.6 is 0 Å².